The Morgan fingerprint density at radius 3 is 2.60 bits per heavy atom. The fraction of sp³-hybridized carbons (Fsp3) is 0.333. The first-order valence-electron chi connectivity index (χ1n) is 4.79. The maximum absolute atomic E-state index is 5.42. The van der Waals surface area contributed by atoms with Crippen molar-refractivity contribution >= 4 is 21.5 Å². The second kappa shape index (κ2) is 3.89. The second-order valence-electron chi connectivity index (χ2n) is 3.54. The number of halogens is 1. The Morgan fingerprint density at radius 2 is 2.00 bits per heavy atom. The summed E-state index contributed by atoms with van der Waals surface area (Å²) in [5, 5.41) is 0. The zero-order chi connectivity index (χ0) is 11.0. The first-order chi connectivity index (χ1) is 7.19. The van der Waals surface area contributed by atoms with Crippen molar-refractivity contribution in [3.63, 3.8) is 0 Å². The lowest BCUT2D eigenvalue weighted by molar-refractivity contribution is 0.353. The van der Waals surface area contributed by atoms with Crippen LogP contribution in [0.2, 0.25) is 0 Å². The topological polar surface area (TPSA) is 18.5 Å². The van der Waals surface area contributed by atoms with Gasteiger partial charge < -0.3 is 9.47 Å². The van der Waals surface area contributed by atoms with Gasteiger partial charge >= 0.3 is 0 Å². The molecule has 0 atom stereocenters. The smallest absolute Gasteiger partial charge is 0.168 e. The predicted molar refractivity (Wildman–Crippen MR) is 64.6 cm³/mol. The Bertz CT molecular complexity index is 436. The van der Waals surface area contributed by atoms with Crippen LogP contribution in [-0.4, -0.2) is 14.2 Å². The first kappa shape index (κ1) is 10.6. The van der Waals surface area contributed by atoms with Crippen LogP contribution in [0.25, 0.3) is 5.57 Å². The van der Waals surface area contributed by atoms with Crippen LogP contribution in [0.5, 0.6) is 11.5 Å². The van der Waals surface area contributed by atoms with Gasteiger partial charge in [0.1, 0.15) is 0 Å². The molecule has 2 nitrogen and oxygen atoms in total. The van der Waals surface area contributed by atoms with E-state index in [0.29, 0.717) is 0 Å². The highest BCUT2D eigenvalue weighted by molar-refractivity contribution is 9.10. The summed E-state index contributed by atoms with van der Waals surface area (Å²) < 4.78 is 11.8. The molecule has 0 bridgehead atoms. The maximum Gasteiger partial charge on any atom is 0.168 e. The molecule has 0 aliphatic heterocycles. The molecule has 2 rings (SSSR count). The summed E-state index contributed by atoms with van der Waals surface area (Å²) in [5.41, 5.74) is 3.70. The van der Waals surface area contributed by atoms with Crippen molar-refractivity contribution in [1.82, 2.24) is 0 Å². The molecule has 0 fully saturated rings. The van der Waals surface area contributed by atoms with Crippen molar-refractivity contribution in [2.24, 2.45) is 0 Å². The summed E-state index contributed by atoms with van der Waals surface area (Å²) in [6.07, 6.45) is 3.17. The molecule has 0 saturated carbocycles. The monoisotopic (exact) mass is 268 g/mol. The zero-order valence-electron chi connectivity index (χ0n) is 9.06. The van der Waals surface area contributed by atoms with Crippen LogP contribution in [0.15, 0.2) is 16.6 Å². The third-order valence-electron chi connectivity index (χ3n) is 2.73. The molecule has 3 heteroatoms. The first-order valence-corrected chi connectivity index (χ1v) is 5.58. The molecule has 0 N–H and O–H groups in total. The van der Waals surface area contributed by atoms with E-state index >= 15 is 0 Å². The SMILES string of the molecule is COc1cc(Br)c2c(c1OC)C(C)=CC2. The van der Waals surface area contributed by atoms with E-state index in [1.807, 2.05) is 6.07 Å². The Kier molecular flexibility index (Phi) is 2.74. The van der Waals surface area contributed by atoms with Crippen LogP contribution in [0.3, 0.4) is 0 Å². The van der Waals surface area contributed by atoms with Gasteiger partial charge in [0, 0.05) is 10.0 Å². The van der Waals surface area contributed by atoms with E-state index in [-0.39, 0.29) is 0 Å². The van der Waals surface area contributed by atoms with Crippen LogP contribution in [0.1, 0.15) is 18.1 Å². The van der Waals surface area contributed by atoms with Gasteiger partial charge in [-0.25, -0.2) is 0 Å². The molecule has 0 heterocycles. The van der Waals surface area contributed by atoms with Crippen molar-refractivity contribution in [1.29, 1.82) is 0 Å². The van der Waals surface area contributed by atoms with E-state index in [2.05, 4.69) is 28.9 Å². The van der Waals surface area contributed by atoms with Crippen LogP contribution in [0.4, 0.5) is 0 Å². The Hall–Kier alpha value is -0.960. The lowest BCUT2D eigenvalue weighted by Gasteiger charge is -2.14. The molecular formula is C12H13BrO2. The summed E-state index contributed by atoms with van der Waals surface area (Å²) in [4.78, 5) is 0. The minimum atomic E-state index is 0.776. The molecule has 0 aromatic heterocycles. The number of ether oxygens (including phenoxy) is 2. The normalized spacial score (nSPS) is 13.5. The minimum Gasteiger partial charge on any atom is -0.493 e. The quantitative estimate of drug-likeness (QED) is 0.819. The average molecular weight is 269 g/mol. The van der Waals surface area contributed by atoms with Gasteiger partial charge in [-0.05, 0) is 30.5 Å². The lowest BCUT2D eigenvalue weighted by atomic mass is 10.0. The van der Waals surface area contributed by atoms with E-state index in [4.69, 9.17) is 9.47 Å². The largest absolute Gasteiger partial charge is 0.493 e. The van der Waals surface area contributed by atoms with E-state index in [1.54, 1.807) is 14.2 Å². The Labute approximate surface area is 98.0 Å². The minimum absolute atomic E-state index is 0.776. The Balaban J connectivity index is 2.71. The van der Waals surface area contributed by atoms with Gasteiger partial charge in [0.25, 0.3) is 0 Å². The summed E-state index contributed by atoms with van der Waals surface area (Å²) in [7, 11) is 3.34. The molecule has 1 aromatic rings. The molecule has 0 amide bonds. The number of benzene rings is 1. The number of rotatable bonds is 2. The molecule has 0 saturated heterocycles. The van der Waals surface area contributed by atoms with Crippen molar-refractivity contribution < 1.29 is 9.47 Å². The van der Waals surface area contributed by atoms with Crippen LogP contribution >= 0.6 is 15.9 Å². The van der Waals surface area contributed by atoms with E-state index in [0.717, 1.165) is 22.4 Å². The molecule has 0 radical (unpaired) electrons. The fourth-order valence-electron chi connectivity index (χ4n) is 1.98. The zero-order valence-corrected chi connectivity index (χ0v) is 10.6. The molecule has 80 valence electrons. The van der Waals surface area contributed by atoms with Gasteiger partial charge in [0.2, 0.25) is 0 Å². The second-order valence-corrected chi connectivity index (χ2v) is 4.39. The van der Waals surface area contributed by atoms with Crippen LogP contribution in [-0.2, 0) is 6.42 Å². The van der Waals surface area contributed by atoms with Crippen LogP contribution in [0, 0.1) is 0 Å². The number of fused-ring (bicyclic) bond motifs is 1. The van der Waals surface area contributed by atoms with Crippen LogP contribution < -0.4 is 9.47 Å². The highest BCUT2D eigenvalue weighted by atomic mass is 79.9. The number of hydrogen-bond donors (Lipinski definition) is 0. The highest BCUT2D eigenvalue weighted by Crippen LogP contribution is 2.44. The van der Waals surface area contributed by atoms with Gasteiger partial charge in [0.15, 0.2) is 11.5 Å². The third kappa shape index (κ3) is 1.55. The van der Waals surface area contributed by atoms with Gasteiger partial charge in [-0.1, -0.05) is 22.0 Å². The van der Waals surface area contributed by atoms with E-state index < -0.39 is 0 Å². The predicted octanol–water partition coefficient (Wildman–Crippen LogP) is 3.43. The van der Waals surface area contributed by atoms with Crippen molar-refractivity contribution in [3.05, 3.63) is 27.7 Å². The molecular weight excluding hydrogens is 256 g/mol. The van der Waals surface area contributed by atoms with Gasteiger partial charge in [-0.2, -0.15) is 0 Å². The molecule has 15 heavy (non-hydrogen) atoms. The molecule has 1 aromatic carbocycles. The van der Waals surface area contributed by atoms with E-state index in [9.17, 15) is 0 Å². The van der Waals surface area contributed by atoms with Gasteiger partial charge in [-0.15, -0.1) is 0 Å². The summed E-state index contributed by atoms with van der Waals surface area (Å²) >= 11 is 3.56. The molecule has 0 unspecified atom stereocenters. The summed E-state index contributed by atoms with van der Waals surface area (Å²) in [6.45, 7) is 2.10. The lowest BCUT2D eigenvalue weighted by Crippen LogP contribution is -1.97. The van der Waals surface area contributed by atoms with Crippen molar-refractivity contribution in [2.75, 3.05) is 14.2 Å². The number of hydrogen-bond acceptors (Lipinski definition) is 2. The molecule has 0 spiro atoms. The average Bonchev–Trinajstić information content (AvgIpc) is 2.61. The summed E-state index contributed by atoms with van der Waals surface area (Å²) in [6, 6.07) is 1.96. The number of methoxy groups -OCH3 is 2. The maximum atomic E-state index is 5.42. The standard InChI is InChI=1S/C12H13BrO2/c1-7-4-5-8-9(13)6-10(14-2)12(15-3)11(7)8/h4,6H,5H2,1-3H3. The molecule has 1 aliphatic rings. The summed E-state index contributed by atoms with van der Waals surface area (Å²) in [5.74, 6) is 1.61. The van der Waals surface area contributed by atoms with Crippen molar-refractivity contribution in [3.8, 4) is 11.5 Å². The van der Waals surface area contributed by atoms with Gasteiger partial charge in [0.05, 0.1) is 14.2 Å². The highest BCUT2D eigenvalue weighted by Gasteiger charge is 2.22. The van der Waals surface area contributed by atoms with Gasteiger partial charge in [-0.3, -0.25) is 0 Å². The Morgan fingerprint density at radius 1 is 1.27 bits per heavy atom. The fourth-order valence-corrected chi connectivity index (χ4v) is 2.54. The number of allylic oxidation sites excluding steroid dienone is 2. The van der Waals surface area contributed by atoms with Crippen molar-refractivity contribution in [2.45, 2.75) is 13.3 Å². The third-order valence-corrected chi connectivity index (χ3v) is 3.44. The molecule has 1 aliphatic carbocycles. The van der Waals surface area contributed by atoms with E-state index in [1.165, 1.54) is 16.7 Å².